The lowest BCUT2D eigenvalue weighted by Gasteiger charge is -2.42. The molecule has 7 heteroatoms. The number of ether oxygens (including phenoxy) is 2. The highest BCUT2D eigenvalue weighted by Gasteiger charge is 2.57. The van der Waals surface area contributed by atoms with Crippen LogP contribution in [-0.4, -0.2) is 79.2 Å². The van der Waals surface area contributed by atoms with E-state index in [0.717, 1.165) is 38.0 Å². The molecule has 1 aromatic rings. The number of hydrogen-bond donors (Lipinski definition) is 0. The highest BCUT2D eigenvalue weighted by molar-refractivity contribution is 6.07. The van der Waals surface area contributed by atoms with Crippen molar-refractivity contribution in [2.75, 3.05) is 47.0 Å². The molecule has 1 aromatic carbocycles. The largest absolute Gasteiger partial charge is 0.497 e. The predicted octanol–water partition coefficient (Wildman–Crippen LogP) is 4.24. The molecular weight excluding hydrogens is 442 g/mol. The van der Waals surface area contributed by atoms with Crippen molar-refractivity contribution < 1.29 is 19.1 Å². The van der Waals surface area contributed by atoms with Crippen LogP contribution >= 0.6 is 0 Å². The molecule has 2 heterocycles. The molecule has 0 aromatic heterocycles. The minimum absolute atomic E-state index is 0.0812. The first-order valence-electron chi connectivity index (χ1n) is 12.7. The number of likely N-dealkylation sites (tertiary alicyclic amines) is 1. The molecule has 2 saturated heterocycles. The van der Waals surface area contributed by atoms with Gasteiger partial charge in [-0.25, -0.2) is 4.79 Å². The van der Waals surface area contributed by atoms with Gasteiger partial charge in [-0.3, -0.25) is 14.6 Å². The smallest absolute Gasteiger partial charge is 0.328 e. The Morgan fingerprint density at radius 2 is 1.94 bits per heavy atom. The summed E-state index contributed by atoms with van der Waals surface area (Å²) in [5.41, 5.74) is 2.86. The van der Waals surface area contributed by atoms with Crippen molar-refractivity contribution in [1.29, 1.82) is 0 Å². The number of hydrogen-bond acceptors (Lipinski definition) is 5. The maximum Gasteiger partial charge on any atom is 0.328 e. The Morgan fingerprint density at radius 1 is 1.17 bits per heavy atom. The van der Waals surface area contributed by atoms with Crippen LogP contribution in [-0.2, 0) is 16.1 Å². The second-order valence-corrected chi connectivity index (χ2v) is 10.2. The minimum atomic E-state index is -0.781. The van der Waals surface area contributed by atoms with Gasteiger partial charge in [-0.1, -0.05) is 35.9 Å². The van der Waals surface area contributed by atoms with Gasteiger partial charge in [0.05, 0.1) is 20.3 Å². The van der Waals surface area contributed by atoms with Gasteiger partial charge in [0, 0.05) is 33.3 Å². The fraction of sp³-hybridized carbons (Fsp3) is 0.571. The lowest BCUT2D eigenvalue weighted by Crippen LogP contribution is -2.57. The first kappa shape index (κ1) is 25.5. The van der Waals surface area contributed by atoms with E-state index in [2.05, 4.69) is 24.5 Å². The van der Waals surface area contributed by atoms with Crippen LogP contribution in [0.5, 0.6) is 5.75 Å². The molecule has 0 saturated carbocycles. The second-order valence-electron chi connectivity index (χ2n) is 10.2. The van der Waals surface area contributed by atoms with Crippen LogP contribution in [0.1, 0.15) is 44.6 Å². The van der Waals surface area contributed by atoms with Gasteiger partial charge in [-0.05, 0) is 62.6 Å². The number of methoxy groups -OCH3 is 2. The average Bonchev–Trinajstić information content (AvgIpc) is 3.05. The van der Waals surface area contributed by atoms with Crippen molar-refractivity contribution in [1.82, 2.24) is 14.7 Å². The fourth-order valence-corrected chi connectivity index (χ4v) is 5.70. The first-order valence-corrected chi connectivity index (χ1v) is 12.7. The molecule has 35 heavy (non-hydrogen) atoms. The van der Waals surface area contributed by atoms with E-state index in [1.807, 2.05) is 24.3 Å². The van der Waals surface area contributed by atoms with E-state index in [1.165, 1.54) is 22.5 Å². The van der Waals surface area contributed by atoms with Gasteiger partial charge in [0.25, 0.3) is 5.91 Å². The van der Waals surface area contributed by atoms with Crippen molar-refractivity contribution in [3.63, 3.8) is 0 Å². The van der Waals surface area contributed by atoms with Crippen LogP contribution in [0.15, 0.2) is 48.1 Å². The number of rotatable bonds is 9. The summed E-state index contributed by atoms with van der Waals surface area (Å²) in [6, 6.07) is 7.33. The van der Waals surface area contributed by atoms with Gasteiger partial charge in [0.15, 0.2) is 0 Å². The minimum Gasteiger partial charge on any atom is -0.497 e. The molecule has 0 radical (unpaired) electrons. The third kappa shape index (κ3) is 5.31. The molecule has 1 aliphatic carbocycles. The number of carbonyl (C=O) groups excluding carboxylic acids is 2. The van der Waals surface area contributed by atoms with Crippen molar-refractivity contribution in [2.24, 2.45) is 5.92 Å². The van der Waals surface area contributed by atoms with Crippen molar-refractivity contribution in [3.8, 4) is 5.75 Å². The van der Waals surface area contributed by atoms with Crippen LogP contribution < -0.4 is 4.74 Å². The van der Waals surface area contributed by atoms with E-state index in [0.29, 0.717) is 37.7 Å². The molecule has 3 aliphatic rings. The Kier molecular flexibility index (Phi) is 7.97. The fourth-order valence-electron chi connectivity index (χ4n) is 5.70. The number of amides is 3. The van der Waals surface area contributed by atoms with E-state index in [1.54, 1.807) is 19.1 Å². The zero-order valence-electron chi connectivity index (χ0n) is 21.4. The number of nitrogens with zero attached hydrogens (tertiary/aromatic N) is 3. The molecule has 0 N–H and O–H groups in total. The maximum absolute atomic E-state index is 13.8. The van der Waals surface area contributed by atoms with E-state index < -0.39 is 5.54 Å². The van der Waals surface area contributed by atoms with Crippen LogP contribution in [0.4, 0.5) is 4.79 Å². The molecule has 190 valence electrons. The van der Waals surface area contributed by atoms with Crippen molar-refractivity contribution >= 4 is 11.9 Å². The summed E-state index contributed by atoms with van der Waals surface area (Å²) in [5, 5.41) is 0. The molecule has 1 spiro atoms. The van der Waals surface area contributed by atoms with E-state index in [4.69, 9.17) is 9.47 Å². The maximum atomic E-state index is 13.8. The topological polar surface area (TPSA) is 62.3 Å². The van der Waals surface area contributed by atoms with Gasteiger partial charge >= 0.3 is 6.03 Å². The quantitative estimate of drug-likeness (QED) is 0.390. The standard InChI is InChI=1S/C28H39N3O4/c1-21(2)24-10-8-22(9-11-24)19-29-14-12-28(13-15-29)26(32)30(27(33)31(28)16-17-34-3)20-23-6-5-7-25(18-23)35-4/h5-8,18,24H,1,9-17,19-20H2,2-4H3/t24-/m1/s1. The van der Waals surface area contributed by atoms with E-state index in [9.17, 15) is 9.59 Å². The van der Waals surface area contributed by atoms with Crippen molar-refractivity contribution in [3.05, 3.63) is 53.6 Å². The molecule has 0 bridgehead atoms. The van der Waals surface area contributed by atoms with E-state index >= 15 is 0 Å². The summed E-state index contributed by atoms with van der Waals surface area (Å²) < 4.78 is 10.6. The van der Waals surface area contributed by atoms with Crippen molar-refractivity contribution in [2.45, 2.75) is 51.1 Å². The molecule has 0 unspecified atom stereocenters. The highest BCUT2D eigenvalue weighted by atomic mass is 16.5. The normalized spacial score (nSPS) is 22.6. The van der Waals surface area contributed by atoms with Crippen LogP contribution in [0.25, 0.3) is 0 Å². The summed E-state index contributed by atoms with van der Waals surface area (Å²) in [6.07, 6.45) is 7.06. The third-order valence-corrected chi connectivity index (χ3v) is 7.93. The Hall–Kier alpha value is -2.64. The second kappa shape index (κ2) is 11.0. The van der Waals surface area contributed by atoms with E-state index in [-0.39, 0.29) is 18.5 Å². The van der Waals surface area contributed by atoms with Gasteiger partial charge in [0.1, 0.15) is 11.3 Å². The number of carbonyl (C=O) groups is 2. The average molecular weight is 482 g/mol. The molecule has 2 fully saturated rings. The van der Waals surface area contributed by atoms with Gasteiger partial charge < -0.3 is 14.4 Å². The molecule has 7 nitrogen and oxygen atoms in total. The zero-order chi connectivity index (χ0) is 25.0. The highest BCUT2D eigenvalue weighted by Crippen LogP contribution is 2.38. The summed E-state index contributed by atoms with van der Waals surface area (Å²) >= 11 is 0. The number of imide groups is 1. The lowest BCUT2D eigenvalue weighted by molar-refractivity contribution is -0.136. The predicted molar refractivity (Wildman–Crippen MR) is 136 cm³/mol. The Morgan fingerprint density at radius 3 is 2.57 bits per heavy atom. The number of urea groups is 1. The summed E-state index contributed by atoms with van der Waals surface area (Å²) in [6.45, 7) is 9.88. The zero-order valence-corrected chi connectivity index (χ0v) is 21.4. The van der Waals surface area contributed by atoms with Crippen LogP contribution in [0.3, 0.4) is 0 Å². The van der Waals surface area contributed by atoms with Crippen LogP contribution in [0, 0.1) is 5.92 Å². The molecule has 2 aliphatic heterocycles. The third-order valence-electron chi connectivity index (χ3n) is 7.93. The molecule has 4 rings (SSSR count). The molecular formula is C28H39N3O4. The SMILES string of the molecule is C=C(C)[C@@H]1CC=C(CN2CCC3(CC2)C(=O)N(Cc2cccc(OC)c2)C(=O)N3CCOC)CC1. The van der Waals surface area contributed by atoms with Gasteiger partial charge in [0.2, 0.25) is 0 Å². The molecule has 3 amide bonds. The first-order chi connectivity index (χ1) is 16.9. The number of allylic oxidation sites excluding steroid dienone is 2. The monoisotopic (exact) mass is 481 g/mol. The molecule has 1 atom stereocenters. The van der Waals surface area contributed by atoms with Gasteiger partial charge in [-0.15, -0.1) is 0 Å². The summed E-state index contributed by atoms with van der Waals surface area (Å²) in [4.78, 5) is 32.9. The van der Waals surface area contributed by atoms with Gasteiger partial charge in [-0.2, -0.15) is 0 Å². The summed E-state index contributed by atoms with van der Waals surface area (Å²) in [7, 11) is 3.24. The number of piperidine rings is 1. The number of benzene rings is 1. The lowest BCUT2D eigenvalue weighted by atomic mass is 9.83. The Balaban J connectivity index is 1.45. The Labute approximate surface area is 209 Å². The Bertz CT molecular complexity index is 980. The summed E-state index contributed by atoms with van der Waals surface area (Å²) in [5.74, 6) is 1.24. The van der Waals surface area contributed by atoms with Crippen LogP contribution in [0.2, 0.25) is 0 Å².